The number of hydrogen-bond donors (Lipinski definition) is 1. The maximum absolute atomic E-state index is 3.99. The van der Waals surface area contributed by atoms with Gasteiger partial charge < -0.3 is 9.88 Å². The van der Waals surface area contributed by atoms with E-state index in [1.54, 1.807) is 0 Å². The van der Waals surface area contributed by atoms with Crippen LogP contribution >= 0.6 is 0 Å². The summed E-state index contributed by atoms with van der Waals surface area (Å²) in [4.78, 5) is 6.64. The lowest BCUT2D eigenvalue weighted by atomic mass is 9.53. The number of H-pyrrole nitrogens is 1. The number of fused-ring (bicyclic) bond motifs is 12. The minimum absolute atomic E-state index is 0.201. The van der Waals surface area contributed by atoms with E-state index in [0.717, 1.165) is 7.28 Å². The summed E-state index contributed by atoms with van der Waals surface area (Å²) in [6.07, 6.45) is 0. The minimum atomic E-state index is -0.508. The molecule has 276 valence electrons. The molecule has 0 fully saturated rings. The van der Waals surface area contributed by atoms with Gasteiger partial charge in [0.15, 0.2) is 7.28 Å². The lowest BCUT2D eigenvalue weighted by Gasteiger charge is -2.49. The second kappa shape index (κ2) is 11.7. The highest BCUT2D eigenvalue weighted by Crippen LogP contribution is 2.60. The van der Waals surface area contributed by atoms with Crippen molar-refractivity contribution in [1.29, 1.82) is 0 Å². The maximum atomic E-state index is 3.99. The van der Waals surface area contributed by atoms with E-state index < -0.39 is 5.41 Å². The van der Waals surface area contributed by atoms with E-state index in [1.165, 1.54) is 116 Å². The molecule has 2 aliphatic heterocycles. The Morgan fingerprint density at radius 3 is 1.95 bits per heavy atom. The number of nitrogens with zero attached hydrogens (tertiary/aromatic N) is 1. The quantitative estimate of drug-likeness (QED) is 0.178. The van der Waals surface area contributed by atoms with Gasteiger partial charge in [0.25, 0.3) is 0 Å². The molecule has 0 bridgehead atoms. The number of para-hydroxylation sites is 3. The van der Waals surface area contributed by atoms with Gasteiger partial charge in [0, 0.05) is 38.6 Å². The molecular formula is C56H39BN2. The first-order chi connectivity index (χ1) is 29.0. The molecule has 0 saturated heterocycles. The van der Waals surface area contributed by atoms with Gasteiger partial charge in [-0.2, -0.15) is 0 Å². The van der Waals surface area contributed by atoms with Crippen molar-refractivity contribution in [2.75, 3.05) is 4.90 Å². The molecule has 0 radical (unpaired) electrons. The highest BCUT2D eigenvalue weighted by molar-refractivity contribution is 6.73. The van der Waals surface area contributed by atoms with Crippen molar-refractivity contribution in [3.63, 3.8) is 0 Å². The molecule has 3 heteroatoms. The van der Waals surface area contributed by atoms with Gasteiger partial charge in [-0.3, -0.25) is 0 Å². The second-order valence-electron chi connectivity index (χ2n) is 17.2. The molecule has 0 saturated carbocycles. The maximum Gasteiger partial charge on any atom is 0.198 e. The zero-order chi connectivity index (χ0) is 39.0. The normalized spacial score (nSPS) is 15.0. The molecule has 3 aliphatic rings. The number of benzene rings is 9. The molecule has 0 amide bonds. The third-order valence-electron chi connectivity index (χ3n) is 14.1. The minimum Gasteiger partial charge on any atom is -0.354 e. The van der Waals surface area contributed by atoms with Gasteiger partial charge in [0.05, 0.1) is 16.6 Å². The summed E-state index contributed by atoms with van der Waals surface area (Å²) in [6, 6.07) is 70.6. The number of nitrogens with one attached hydrogen (secondary N) is 1. The topological polar surface area (TPSA) is 19.0 Å². The number of aromatic amines is 1. The molecule has 0 spiro atoms. The van der Waals surface area contributed by atoms with Crippen LogP contribution in [0, 0.1) is 0 Å². The number of aromatic nitrogens is 1. The van der Waals surface area contributed by atoms with Gasteiger partial charge in [-0.15, -0.1) is 0 Å². The van der Waals surface area contributed by atoms with Crippen LogP contribution in [0.1, 0.15) is 47.2 Å². The highest BCUT2D eigenvalue weighted by Gasteiger charge is 2.49. The van der Waals surface area contributed by atoms with E-state index in [0.29, 0.717) is 0 Å². The average molecular weight is 751 g/mol. The van der Waals surface area contributed by atoms with Crippen LogP contribution in [-0.4, -0.2) is 12.3 Å². The number of rotatable bonds is 3. The molecular weight excluding hydrogens is 711 g/mol. The van der Waals surface area contributed by atoms with Gasteiger partial charge in [-0.05, 0) is 84.5 Å². The Kier molecular flexibility index (Phi) is 6.56. The first-order valence-corrected chi connectivity index (χ1v) is 20.9. The van der Waals surface area contributed by atoms with Gasteiger partial charge in [0.2, 0.25) is 0 Å². The van der Waals surface area contributed by atoms with Crippen molar-refractivity contribution in [2.45, 2.75) is 24.7 Å². The highest BCUT2D eigenvalue weighted by atomic mass is 15.2. The Bertz CT molecular complexity index is 3350. The molecule has 0 atom stereocenters. The molecule has 59 heavy (non-hydrogen) atoms. The van der Waals surface area contributed by atoms with Crippen LogP contribution in [0.15, 0.2) is 188 Å². The van der Waals surface area contributed by atoms with Crippen molar-refractivity contribution < 1.29 is 0 Å². The van der Waals surface area contributed by atoms with Gasteiger partial charge in [0.1, 0.15) is 0 Å². The summed E-state index contributed by atoms with van der Waals surface area (Å²) in [5.41, 5.74) is 21.5. The van der Waals surface area contributed by atoms with Crippen molar-refractivity contribution >= 4 is 67.8 Å². The lowest BCUT2D eigenvalue weighted by Crippen LogP contribution is -2.47. The fourth-order valence-corrected chi connectivity index (χ4v) is 11.6. The number of hydrogen-bond acceptors (Lipinski definition) is 1. The fraction of sp³-hybridized carbons (Fsp3) is 0.0714. The molecule has 1 aliphatic carbocycles. The van der Waals surface area contributed by atoms with Gasteiger partial charge in [-0.25, -0.2) is 0 Å². The predicted octanol–water partition coefficient (Wildman–Crippen LogP) is 12.3. The van der Waals surface area contributed by atoms with Crippen molar-refractivity contribution in [3.05, 3.63) is 221 Å². The molecule has 9 aromatic carbocycles. The monoisotopic (exact) mass is 750 g/mol. The molecule has 1 N–H and O–H groups in total. The summed E-state index contributed by atoms with van der Waals surface area (Å²) in [7, 11) is 0.821. The third-order valence-corrected chi connectivity index (χ3v) is 14.1. The molecule has 10 aromatic rings. The summed E-state index contributed by atoms with van der Waals surface area (Å²) in [6.45, 7) is 4.84. The summed E-state index contributed by atoms with van der Waals surface area (Å²) < 4.78 is 0. The van der Waals surface area contributed by atoms with Crippen LogP contribution in [0.25, 0.3) is 54.8 Å². The first-order valence-electron chi connectivity index (χ1n) is 20.9. The van der Waals surface area contributed by atoms with Crippen LogP contribution < -0.4 is 15.8 Å². The molecule has 0 unspecified atom stereocenters. The van der Waals surface area contributed by atoms with Crippen LogP contribution in [0.2, 0.25) is 0 Å². The summed E-state index contributed by atoms with van der Waals surface area (Å²) in [5.74, 6) is 0. The van der Waals surface area contributed by atoms with E-state index in [4.69, 9.17) is 0 Å². The zero-order valence-corrected chi connectivity index (χ0v) is 33.1. The van der Waals surface area contributed by atoms with Crippen molar-refractivity contribution in [2.24, 2.45) is 0 Å². The van der Waals surface area contributed by atoms with E-state index in [-0.39, 0.29) is 5.41 Å². The molecule has 13 rings (SSSR count). The Morgan fingerprint density at radius 2 is 1.14 bits per heavy atom. The van der Waals surface area contributed by atoms with Crippen LogP contribution in [0.5, 0.6) is 0 Å². The largest absolute Gasteiger partial charge is 0.354 e. The fourth-order valence-electron chi connectivity index (χ4n) is 11.6. The van der Waals surface area contributed by atoms with Crippen LogP contribution in [-0.2, 0) is 10.8 Å². The zero-order valence-electron chi connectivity index (χ0n) is 33.1. The Labute approximate surface area is 344 Å². The Balaban J connectivity index is 1.17. The second-order valence-corrected chi connectivity index (χ2v) is 17.2. The Hall–Kier alpha value is -7.10. The van der Waals surface area contributed by atoms with Crippen LogP contribution in [0.4, 0.5) is 17.1 Å². The van der Waals surface area contributed by atoms with E-state index in [9.17, 15) is 0 Å². The number of anilines is 3. The van der Waals surface area contributed by atoms with Crippen LogP contribution in [0.3, 0.4) is 0 Å². The predicted molar refractivity (Wildman–Crippen MR) is 249 cm³/mol. The summed E-state index contributed by atoms with van der Waals surface area (Å²) >= 11 is 0. The van der Waals surface area contributed by atoms with Gasteiger partial charge in [-0.1, -0.05) is 189 Å². The first kappa shape index (κ1) is 32.9. The average Bonchev–Trinajstić information content (AvgIpc) is 3.79. The smallest absolute Gasteiger partial charge is 0.198 e. The lowest BCUT2D eigenvalue weighted by molar-refractivity contribution is 0.660. The van der Waals surface area contributed by atoms with Crippen molar-refractivity contribution in [3.8, 4) is 22.3 Å². The van der Waals surface area contributed by atoms with Crippen molar-refractivity contribution in [1.82, 2.24) is 4.98 Å². The summed E-state index contributed by atoms with van der Waals surface area (Å²) in [5, 5.41) is 5.11. The van der Waals surface area contributed by atoms with E-state index in [2.05, 4.69) is 212 Å². The SMILES string of the molecule is CC1(C)c2ccccc2-c2c1cc1c(c2-c2cccc3c2[nH]c2ccc4ccccc4c23)Bc2cccc3c2N1c1ccccc1C3(c1ccccc1)c1ccccc1. The molecule has 2 nitrogen and oxygen atoms in total. The van der Waals surface area contributed by atoms with Gasteiger partial charge >= 0.3 is 0 Å². The third kappa shape index (κ3) is 4.17. The molecule has 1 aromatic heterocycles. The van der Waals surface area contributed by atoms with E-state index >= 15 is 0 Å². The van der Waals surface area contributed by atoms with E-state index in [1.807, 2.05) is 0 Å². The standard InChI is InChI=1S/C56H39BN2/c1-55(2)41-26-12-11-23-38(41)50-44(55)33-48-52(51(50)40-25-15-24-39-49-37-22-10-9-17-34(37)31-32-46(49)58-53(39)40)57-45-29-16-28-43-54(45)59(48)47-30-14-13-27-42(47)56(43,35-18-5-3-6-19-35)36-20-7-4-8-21-36/h3-33,57-58H,1-2H3. The molecule has 3 heterocycles. The Morgan fingerprint density at radius 1 is 0.492 bits per heavy atom.